The molecule has 0 radical (unpaired) electrons. The first-order valence-electron chi connectivity index (χ1n) is 7.15. The first-order valence-corrected chi connectivity index (χ1v) is 7.15. The van der Waals surface area contributed by atoms with Crippen LogP contribution in [0.25, 0.3) is 0 Å². The van der Waals surface area contributed by atoms with Crippen molar-refractivity contribution in [2.45, 2.75) is 26.3 Å². The highest BCUT2D eigenvalue weighted by Gasteiger charge is 2.08. The predicted molar refractivity (Wildman–Crippen MR) is 85.1 cm³/mol. The predicted octanol–water partition coefficient (Wildman–Crippen LogP) is 2.93. The molecule has 1 aromatic carbocycles. The number of carbonyl (C=O) groups excluding carboxylic acids is 1. The maximum atomic E-state index is 12.0. The summed E-state index contributed by atoms with van der Waals surface area (Å²) in [5.41, 5.74) is 3.16. The zero-order chi connectivity index (χ0) is 15.1. The Bertz CT molecular complexity index is 582. The molecule has 0 aliphatic rings. The Balaban J connectivity index is 1.85. The van der Waals surface area contributed by atoms with E-state index < -0.39 is 0 Å². The van der Waals surface area contributed by atoms with Crippen molar-refractivity contribution in [1.29, 1.82) is 0 Å². The largest absolute Gasteiger partial charge is 0.325 e. The summed E-state index contributed by atoms with van der Waals surface area (Å²) in [7, 11) is 0. The zero-order valence-corrected chi connectivity index (χ0v) is 12.5. The SMILES string of the molecule is CC(C)c1ccccc1NC(=O)CNCc1ccncc1. The molecule has 1 amide bonds. The number of nitrogens with zero attached hydrogens (tertiary/aromatic N) is 1. The number of rotatable bonds is 6. The van der Waals surface area contributed by atoms with Gasteiger partial charge in [0.05, 0.1) is 6.54 Å². The van der Waals surface area contributed by atoms with Gasteiger partial charge in [0.25, 0.3) is 0 Å². The third-order valence-electron chi connectivity index (χ3n) is 3.22. The molecule has 0 saturated carbocycles. The molecule has 0 unspecified atom stereocenters. The van der Waals surface area contributed by atoms with Gasteiger partial charge >= 0.3 is 0 Å². The summed E-state index contributed by atoms with van der Waals surface area (Å²) in [6.07, 6.45) is 3.49. The van der Waals surface area contributed by atoms with Gasteiger partial charge in [0.1, 0.15) is 0 Å². The van der Waals surface area contributed by atoms with Gasteiger partial charge in [-0.2, -0.15) is 0 Å². The molecule has 0 aliphatic carbocycles. The number of hydrogen-bond donors (Lipinski definition) is 2. The molecule has 0 spiro atoms. The molecule has 21 heavy (non-hydrogen) atoms. The smallest absolute Gasteiger partial charge is 0.238 e. The van der Waals surface area contributed by atoms with Crippen molar-refractivity contribution in [3.63, 3.8) is 0 Å². The minimum atomic E-state index is -0.0304. The van der Waals surface area contributed by atoms with Gasteiger partial charge in [-0.3, -0.25) is 9.78 Å². The molecule has 0 atom stereocenters. The lowest BCUT2D eigenvalue weighted by Crippen LogP contribution is -2.28. The lowest BCUT2D eigenvalue weighted by Gasteiger charge is -2.13. The Morgan fingerprint density at radius 3 is 2.57 bits per heavy atom. The minimum absolute atomic E-state index is 0.0304. The van der Waals surface area contributed by atoms with E-state index in [1.807, 2.05) is 36.4 Å². The van der Waals surface area contributed by atoms with Gasteiger partial charge < -0.3 is 10.6 Å². The van der Waals surface area contributed by atoms with E-state index in [0.29, 0.717) is 12.5 Å². The quantitative estimate of drug-likeness (QED) is 0.857. The number of para-hydroxylation sites is 1. The summed E-state index contributed by atoms with van der Waals surface area (Å²) in [5, 5.41) is 6.09. The van der Waals surface area contributed by atoms with E-state index >= 15 is 0 Å². The summed E-state index contributed by atoms with van der Waals surface area (Å²) in [4.78, 5) is 16.0. The molecule has 110 valence electrons. The third kappa shape index (κ3) is 4.68. The highest BCUT2D eigenvalue weighted by atomic mass is 16.1. The van der Waals surface area contributed by atoms with Crippen LogP contribution in [0.3, 0.4) is 0 Å². The lowest BCUT2D eigenvalue weighted by atomic mass is 10.0. The Labute approximate surface area is 125 Å². The minimum Gasteiger partial charge on any atom is -0.325 e. The number of pyridine rings is 1. The van der Waals surface area contributed by atoms with Crippen LogP contribution in [0.5, 0.6) is 0 Å². The second-order valence-electron chi connectivity index (χ2n) is 5.25. The van der Waals surface area contributed by atoms with E-state index in [1.54, 1.807) is 12.4 Å². The topological polar surface area (TPSA) is 54.0 Å². The van der Waals surface area contributed by atoms with Gasteiger partial charge in [0.15, 0.2) is 0 Å². The van der Waals surface area contributed by atoms with E-state index in [4.69, 9.17) is 0 Å². The van der Waals surface area contributed by atoms with Crippen LogP contribution in [0, 0.1) is 0 Å². The molecule has 2 aromatic rings. The molecule has 0 bridgehead atoms. The van der Waals surface area contributed by atoms with Gasteiger partial charge in [-0.25, -0.2) is 0 Å². The Morgan fingerprint density at radius 2 is 1.86 bits per heavy atom. The van der Waals surface area contributed by atoms with Crippen LogP contribution in [0.1, 0.15) is 30.9 Å². The maximum Gasteiger partial charge on any atom is 0.238 e. The average Bonchev–Trinajstić information content (AvgIpc) is 2.48. The van der Waals surface area contributed by atoms with Gasteiger partial charge in [-0.05, 0) is 35.2 Å². The van der Waals surface area contributed by atoms with Crippen LogP contribution in [0.4, 0.5) is 5.69 Å². The van der Waals surface area contributed by atoms with Crippen LogP contribution in [-0.2, 0) is 11.3 Å². The van der Waals surface area contributed by atoms with Crippen molar-refractivity contribution in [3.8, 4) is 0 Å². The molecule has 1 aromatic heterocycles. The van der Waals surface area contributed by atoms with E-state index in [9.17, 15) is 4.79 Å². The van der Waals surface area contributed by atoms with Gasteiger partial charge in [-0.15, -0.1) is 0 Å². The lowest BCUT2D eigenvalue weighted by molar-refractivity contribution is -0.115. The summed E-state index contributed by atoms with van der Waals surface area (Å²) in [6.45, 7) is 5.18. The highest BCUT2D eigenvalue weighted by Crippen LogP contribution is 2.23. The number of nitrogens with one attached hydrogen (secondary N) is 2. The molecule has 4 nitrogen and oxygen atoms in total. The molecule has 0 saturated heterocycles. The van der Waals surface area contributed by atoms with Crippen molar-refractivity contribution in [2.75, 3.05) is 11.9 Å². The first kappa shape index (κ1) is 15.2. The Hall–Kier alpha value is -2.20. The first-order chi connectivity index (χ1) is 10.2. The van der Waals surface area contributed by atoms with Gasteiger partial charge in [0.2, 0.25) is 5.91 Å². The molecule has 2 N–H and O–H groups in total. The fourth-order valence-electron chi connectivity index (χ4n) is 2.13. The number of benzene rings is 1. The van der Waals surface area contributed by atoms with Crippen molar-refractivity contribution in [3.05, 3.63) is 59.9 Å². The standard InChI is InChI=1S/C17H21N3O/c1-13(2)15-5-3-4-6-16(15)20-17(21)12-19-11-14-7-9-18-10-8-14/h3-10,13,19H,11-12H2,1-2H3,(H,20,21). The highest BCUT2D eigenvalue weighted by molar-refractivity contribution is 5.93. The Kier molecular flexibility index (Phi) is 5.46. The summed E-state index contributed by atoms with van der Waals surface area (Å²) in [5.74, 6) is 0.350. The number of hydrogen-bond acceptors (Lipinski definition) is 3. The number of carbonyl (C=O) groups is 1. The van der Waals surface area contributed by atoms with Crippen LogP contribution < -0.4 is 10.6 Å². The molecule has 0 fully saturated rings. The molecule has 2 rings (SSSR count). The summed E-state index contributed by atoms with van der Waals surface area (Å²) < 4.78 is 0. The van der Waals surface area contributed by atoms with Crippen molar-refractivity contribution < 1.29 is 4.79 Å². The molecular formula is C17H21N3O. The van der Waals surface area contributed by atoms with E-state index in [2.05, 4.69) is 29.5 Å². The van der Waals surface area contributed by atoms with Gasteiger partial charge in [0, 0.05) is 24.6 Å². The van der Waals surface area contributed by atoms with Crippen molar-refractivity contribution in [1.82, 2.24) is 10.3 Å². The van der Waals surface area contributed by atoms with E-state index in [-0.39, 0.29) is 12.5 Å². The monoisotopic (exact) mass is 283 g/mol. The molecule has 1 heterocycles. The maximum absolute atomic E-state index is 12.0. The number of anilines is 1. The van der Waals surface area contributed by atoms with Crippen molar-refractivity contribution in [2.24, 2.45) is 0 Å². The van der Waals surface area contributed by atoms with Crippen LogP contribution in [0.15, 0.2) is 48.8 Å². The van der Waals surface area contributed by atoms with Crippen LogP contribution in [-0.4, -0.2) is 17.4 Å². The summed E-state index contributed by atoms with van der Waals surface area (Å²) in [6, 6.07) is 11.8. The number of amides is 1. The molecular weight excluding hydrogens is 262 g/mol. The van der Waals surface area contributed by atoms with E-state index in [0.717, 1.165) is 16.8 Å². The fraction of sp³-hybridized carbons (Fsp3) is 0.294. The molecule has 0 aliphatic heterocycles. The average molecular weight is 283 g/mol. The third-order valence-corrected chi connectivity index (χ3v) is 3.22. The van der Waals surface area contributed by atoms with Crippen molar-refractivity contribution >= 4 is 11.6 Å². The second-order valence-corrected chi connectivity index (χ2v) is 5.25. The van der Waals surface area contributed by atoms with E-state index in [1.165, 1.54) is 0 Å². The Morgan fingerprint density at radius 1 is 1.14 bits per heavy atom. The van der Waals surface area contributed by atoms with Crippen LogP contribution >= 0.6 is 0 Å². The normalized spacial score (nSPS) is 10.6. The van der Waals surface area contributed by atoms with Gasteiger partial charge in [-0.1, -0.05) is 32.0 Å². The second kappa shape index (κ2) is 7.55. The fourth-order valence-corrected chi connectivity index (χ4v) is 2.13. The zero-order valence-electron chi connectivity index (χ0n) is 12.5. The number of aromatic nitrogens is 1. The molecule has 4 heteroatoms. The van der Waals surface area contributed by atoms with Crippen LogP contribution in [0.2, 0.25) is 0 Å². The summed E-state index contributed by atoms with van der Waals surface area (Å²) >= 11 is 0.